The number of hydrogen-bond acceptors (Lipinski definition) is 5. The average Bonchev–Trinajstić information content (AvgIpc) is 2.94. The van der Waals surface area contributed by atoms with Crippen LogP contribution in [0.4, 0.5) is 5.82 Å². The van der Waals surface area contributed by atoms with Crippen molar-refractivity contribution in [1.29, 1.82) is 0 Å². The van der Waals surface area contributed by atoms with Crippen molar-refractivity contribution in [2.24, 2.45) is 0 Å². The fourth-order valence-electron chi connectivity index (χ4n) is 4.50. The Labute approximate surface area is 216 Å². The molecule has 36 heavy (non-hydrogen) atoms. The van der Waals surface area contributed by atoms with E-state index < -0.39 is 0 Å². The minimum Gasteiger partial charge on any atom is -0.378 e. The van der Waals surface area contributed by atoms with Crippen molar-refractivity contribution in [3.8, 4) is 11.4 Å². The number of aromatic nitrogens is 2. The third-order valence-corrected chi connectivity index (χ3v) is 6.80. The maximum atomic E-state index is 13.0. The zero-order valence-electron chi connectivity index (χ0n) is 20.1. The molecule has 4 aromatic rings. The summed E-state index contributed by atoms with van der Waals surface area (Å²) in [5.41, 5.74) is 2.88. The molecule has 0 bridgehead atoms. The number of rotatable bonds is 8. The molecule has 1 aliphatic rings. The molecule has 0 aliphatic carbocycles. The normalized spacial score (nSPS) is 13.6. The number of morpholine rings is 1. The zero-order valence-corrected chi connectivity index (χ0v) is 20.9. The Morgan fingerprint density at radius 3 is 2.42 bits per heavy atom. The molecule has 2 heterocycles. The Kier molecular flexibility index (Phi) is 7.74. The summed E-state index contributed by atoms with van der Waals surface area (Å²) in [5, 5.41) is 1.57. The number of hydrogen-bond donors (Lipinski definition) is 0. The Hall–Kier alpha value is -3.48. The second-order valence-corrected chi connectivity index (χ2v) is 9.24. The van der Waals surface area contributed by atoms with Crippen molar-refractivity contribution in [3.63, 3.8) is 0 Å². The van der Waals surface area contributed by atoms with E-state index >= 15 is 0 Å². The van der Waals surface area contributed by atoms with Gasteiger partial charge in [0, 0.05) is 43.5 Å². The quantitative estimate of drug-likeness (QED) is 0.331. The SMILES string of the molecule is O=C(CCN(CCc1ccccc1)c1nc(-c2ccccc2Cl)nc2ccccc12)N1CCOCC1. The van der Waals surface area contributed by atoms with E-state index in [4.69, 9.17) is 26.3 Å². The molecule has 0 atom stereocenters. The number of carbonyl (C=O) groups excluding carboxylic acids is 1. The number of anilines is 1. The molecule has 0 spiro atoms. The summed E-state index contributed by atoms with van der Waals surface area (Å²) >= 11 is 6.52. The molecule has 3 aromatic carbocycles. The Morgan fingerprint density at radius 1 is 0.889 bits per heavy atom. The standard InChI is InChI=1S/C29H29ClN4O2/c30-25-12-6-4-10-23(25)28-31-26-13-7-5-11-24(26)29(32-28)34(16-14-22-8-2-1-3-9-22)17-15-27(35)33-18-20-36-21-19-33/h1-13H,14-21H2. The Morgan fingerprint density at radius 2 is 1.61 bits per heavy atom. The van der Waals surface area contributed by atoms with Crippen LogP contribution in [0.1, 0.15) is 12.0 Å². The van der Waals surface area contributed by atoms with Crippen LogP contribution in [-0.4, -0.2) is 60.2 Å². The summed E-state index contributed by atoms with van der Waals surface area (Å²) in [6.07, 6.45) is 1.25. The topological polar surface area (TPSA) is 58.6 Å². The number of amides is 1. The highest BCUT2D eigenvalue weighted by atomic mass is 35.5. The monoisotopic (exact) mass is 500 g/mol. The van der Waals surface area contributed by atoms with Gasteiger partial charge in [0.1, 0.15) is 5.82 Å². The lowest BCUT2D eigenvalue weighted by Gasteiger charge is -2.29. The number of ether oxygens (including phenoxy) is 1. The van der Waals surface area contributed by atoms with Crippen LogP contribution in [0.25, 0.3) is 22.3 Å². The first-order chi connectivity index (χ1) is 17.7. The molecule has 0 N–H and O–H groups in total. The van der Waals surface area contributed by atoms with Gasteiger partial charge in [-0.1, -0.05) is 66.2 Å². The van der Waals surface area contributed by atoms with E-state index in [9.17, 15) is 4.79 Å². The summed E-state index contributed by atoms with van der Waals surface area (Å²) in [6.45, 7) is 3.78. The molecular formula is C29H29ClN4O2. The lowest BCUT2D eigenvalue weighted by molar-refractivity contribution is -0.135. The fourth-order valence-corrected chi connectivity index (χ4v) is 4.72. The largest absolute Gasteiger partial charge is 0.378 e. The highest BCUT2D eigenvalue weighted by molar-refractivity contribution is 6.33. The Bertz CT molecular complexity index is 1330. The fraction of sp³-hybridized carbons (Fsp3) is 0.276. The van der Waals surface area contributed by atoms with Crippen LogP contribution in [-0.2, 0) is 16.0 Å². The van der Waals surface area contributed by atoms with Crippen LogP contribution in [0.2, 0.25) is 5.02 Å². The van der Waals surface area contributed by atoms with Gasteiger partial charge < -0.3 is 14.5 Å². The van der Waals surface area contributed by atoms with Crippen molar-refractivity contribution in [2.45, 2.75) is 12.8 Å². The smallest absolute Gasteiger partial charge is 0.224 e. The van der Waals surface area contributed by atoms with E-state index in [0.29, 0.717) is 50.1 Å². The molecule has 0 unspecified atom stereocenters. The van der Waals surface area contributed by atoms with Gasteiger partial charge in [0.25, 0.3) is 0 Å². The number of benzene rings is 3. The molecular weight excluding hydrogens is 472 g/mol. The predicted molar refractivity (Wildman–Crippen MR) is 144 cm³/mol. The number of nitrogens with zero attached hydrogens (tertiary/aromatic N) is 4. The van der Waals surface area contributed by atoms with Crippen molar-refractivity contribution in [2.75, 3.05) is 44.3 Å². The number of fused-ring (bicyclic) bond motifs is 1. The second-order valence-electron chi connectivity index (χ2n) is 8.83. The van der Waals surface area contributed by atoms with E-state index in [-0.39, 0.29) is 5.91 Å². The van der Waals surface area contributed by atoms with Gasteiger partial charge in [0.2, 0.25) is 5.91 Å². The lowest BCUT2D eigenvalue weighted by atomic mass is 10.1. The van der Waals surface area contributed by atoms with Crippen molar-refractivity contribution < 1.29 is 9.53 Å². The third-order valence-electron chi connectivity index (χ3n) is 6.47. The minimum atomic E-state index is 0.146. The van der Waals surface area contributed by atoms with Gasteiger partial charge >= 0.3 is 0 Å². The van der Waals surface area contributed by atoms with E-state index in [0.717, 1.165) is 35.2 Å². The number of para-hydroxylation sites is 1. The molecule has 1 fully saturated rings. The molecule has 1 aromatic heterocycles. The van der Waals surface area contributed by atoms with Gasteiger partial charge in [0.15, 0.2) is 5.82 Å². The highest BCUT2D eigenvalue weighted by Gasteiger charge is 2.21. The first-order valence-corrected chi connectivity index (χ1v) is 12.7. The van der Waals surface area contributed by atoms with Crippen LogP contribution >= 0.6 is 11.6 Å². The maximum Gasteiger partial charge on any atom is 0.224 e. The number of carbonyl (C=O) groups is 1. The summed E-state index contributed by atoms with van der Waals surface area (Å²) < 4.78 is 5.41. The summed E-state index contributed by atoms with van der Waals surface area (Å²) in [7, 11) is 0. The molecule has 1 aliphatic heterocycles. The molecule has 7 heteroatoms. The van der Waals surface area contributed by atoms with E-state index in [1.165, 1.54) is 5.56 Å². The highest BCUT2D eigenvalue weighted by Crippen LogP contribution is 2.31. The second kappa shape index (κ2) is 11.5. The summed E-state index contributed by atoms with van der Waals surface area (Å²) in [4.78, 5) is 27.0. The van der Waals surface area contributed by atoms with Crippen LogP contribution in [0, 0.1) is 0 Å². The molecule has 6 nitrogen and oxygen atoms in total. The van der Waals surface area contributed by atoms with Gasteiger partial charge in [-0.05, 0) is 36.2 Å². The van der Waals surface area contributed by atoms with Crippen LogP contribution < -0.4 is 4.90 Å². The van der Waals surface area contributed by atoms with Gasteiger partial charge in [0.05, 0.1) is 23.8 Å². The summed E-state index contributed by atoms with van der Waals surface area (Å²) in [6, 6.07) is 26.0. The molecule has 0 saturated carbocycles. The first-order valence-electron chi connectivity index (χ1n) is 12.3. The third kappa shape index (κ3) is 5.66. The van der Waals surface area contributed by atoms with E-state index in [2.05, 4.69) is 29.2 Å². The van der Waals surface area contributed by atoms with Crippen molar-refractivity contribution in [1.82, 2.24) is 14.9 Å². The van der Waals surface area contributed by atoms with Gasteiger partial charge in [-0.25, -0.2) is 9.97 Å². The zero-order chi connectivity index (χ0) is 24.7. The molecule has 5 rings (SSSR count). The average molecular weight is 501 g/mol. The molecule has 1 saturated heterocycles. The van der Waals surface area contributed by atoms with Crippen molar-refractivity contribution in [3.05, 3.63) is 89.4 Å². The molecule has 1 amide bonds. The van der Waals surface area contributed by atoms with Gasteiger partial charge in [-0.3, -0.25) is 4.79 Å². The van der Waals surface area contributed by atoms with Crippen LogP contribution in [0.15, 0.2) is 78.9 Å². The van der Waals surface area contributed by atoms with Crippen LogP contribution in [0.5, 0.6) is 0 Å². The van der Waals surface area contributed by atoms with Gasteiger partial charge in [-0.15, -0.1) is 0 Å². The maximum absolute atomic E-state index is 13.0. The summed E-state index contributed by atoms with van der Waals surface area (Å²) in [5.74, 6) is 1.55. The van der Waals surface area contributed by atoms with E-state index in [1.807, 2.05) is 59.5 Å². The molecule has 0 radical (unpaired) electrons. The first kappa shape index (κ1) is 24.2. The minimum absolute atomic E-state index is 0.146. The lowest BCUT2D eigenvalue weighted by Crippen LogP contribution is -2.42. The molecule has 184 valence electrons. The van der Waals surface area contributed by atoms with Gasteiger partial charge in [-0.2, -0.15) is 0 Å². The Balaban J connectivity index is 1.49. The van der Waals surface area contributed by atoms with E-state index in [1.54, 1.807) is 0 Å². The van der Waals surface area contributed by atoms with Crippen molar-refractivity contribution >= 4 is 34.2 Å². The number of halogens is 1. The van der Waals surface area contributed by atoms with Crippen LogP contribution in [0.3, 0.4) is 0 Å². The predicted octanol–water partition coefficient (Wildman–Crippen LogP) is 5.25.